The third-order valence-corrected chi connectivity index (χ3v) is 2.94. The van der Waals surface area contributed by atoms with Gasteiger partial charge in [0.1, 0.15) is 5.60 Å². The lowest BCUT2D eigenvalue weighted by Gasteiger charge is -2.24. The van der Waals surface area contributed by atoms with Crippen molar-refractivity contribution in [1.82, 2.24) is 19.9 Å². The van der Waals surface area contributed by atoms with Gasteiger partial charge in [-0.05, 0) is 20.8 Å². The Morgan fingerprint density at radius 1 is 1.47 bits per heavy atom. The summed E-state index contributed by atoms with van der Waals surface area (Å²) in [6.07, 6.45) is 0.717. The van der Waals surface area contributed by atoms with Gasteiger partial charge in [-0.25, -0.2) is 4.79 Å². The molecule has 1 aliphatic heterocycles. The van der Waals surface area contributed by atoms with E-state index in [1.165, 1.54) is 4.90 Å². The van der Waals surface area contributed by atoms with Crippen LogP contribution in [0, 0.1) is 0 Å². The van der Waals surface area contributed by atoms with Gasteiger partial charge >= 0.3 is 6.09 Å². The summed E-state index contributed by atoms with van der Waals surface area (Å²) < 4.78 is 6.88. The first-order valence-corrected chi connectivity index (χ1v) is 6.28. The van der Waals surface area contributed by atoms with Crippen molar-refractivity contribution in [2.75, 3.05) is 13.1 Å². The van der Waals surface area contributed by atoms with E-state index in [0.29, 0.717) is 12.2 Å². The third kappa shape index (κ3) is 3.23. The molecule has 0 aliphatic carbocycles. The van der Waals surface area contributed by atoms with Crippen molar-refractivity contribution in [3.63, 3.8) is 0 Å². The van der Waals surface area contributed by atoms with Crippen LogP contribution in [-0.4, -0.2) is 55.9 Å². The van der Waals surface area contributed by atoms with Crippen molar-refractivity contribution in [2.45, 2.75) is 38.4 Å². The summed E-state index contributed by atoms with van der Waals surface area (Å²) in [4.78, 5) is 13.4. The average Bonchev–Trinajstić information content (AvgIpc) is 2.82. The fourth-order valence-corrected chi connectivity index (χ4v) is 2.09. The maximum Gasteiger partial charge on any atom is 0.410 e. The number of rotatable bonds is 1. The van der Waals surface area contributed by atoms with Gasteiger partial charge in [-0.15, -0.1) is 5.10 Å². The molecule has 1 aromatic heterocycles. The summed E-state index contributed by atoms with van der Waals surface area (Å²) in [5.74, 6) is -0.207. The van der Waals surface area contributed by atoms with Crippen molar-refractivity contribution in [2.24, 2.45) is 7.05 Å². The smallest absolute Gasteiger partial charge is 0.410 e. The van der Waals surface area contributed by atoms with Gasteiger partial charge in [-0.1, -0.05) is 5.21 Å². The molecule has 19 heavy (non-hydrogen) atoms. The molecule has 106 valence electrons. The van der Waals surface area contributed by atoms with E-state index in [2.05, 4.69) is 10.3 Å². The summed E-state index contributed by atoms with van der Waals surface area (Å²) in [6, 6.07) is 0. The van der Waals surface area contributed by atoms with E-state index >= 15 is 0 Å². The lowest BCUT2D eigenvalue weighted by atomic mass is 10.0. The normalized spacial score (nSPS) is 23.7. The Bertz CT molecular complexity index is 466. The van der Waals surface area contributed by atoms with Crippen LogP contribution in [-0.2, 0) is 11.8 Å². The van der Waals surface area contributed by atoms with Crippen LogP contribution in [0.25, 0.3) is 0 Å². The monoisotopic (exact) mass is 268 g/mol. The number of hydrogen-bond acceptors (Lipinski definition) is 5. The van der Waals surface area contributed by atoms with Crippen LogP contribution in [0.5, 0.6) is 0 Å². The highest BCUT2D eigenvalue weighted by Gasteiger charge is 2.38. The summed E-state index contributed by atoms with van der Waals surface area (Å²) in [6.45, 7) is 6.11. The van der Waals surface area contributed by atoms with E-state index in [0.717, 1.165) is 0 Å². The van der Waals surface area contributed by atoms with Crippen LogP contribution >= 0.6 is 0 Å². The number of β-amino-alcohol motifs (C(OH)–C–C–N with tert-alkyl or cyclic N) is 1. The Morgan fingerprint density at radius 3 is 2.68 bits per heavy atom. The number of aromatic nitrogens is 3. The molecule has 2 rings (SSSR count). The fourth-order valence-electron chi connectivity index (χ4n) is 2.09. The second-order valence-electron chi connectivity index (χ2n) is 5.88. The first-order chi connectivity index (χ1) is 8.76. The number of amides is 1. The second kappa shape index (κ2) is 4.80. The van der Waals surface area contributed by atoms with Gasteiger partial charge in [0, 0.05) is 19.8 Å². The van der Waals surface area contributed by atoms with Crippen LogP contribution in [0.4, 0.5) is 4.79 Å². The molecule has 0 saturated carbocycles. The van der Waals surface area contributed by atoms with E-state index in [1.54, 1.807) is 17.9 Å². The number of aryl methyl sites for hydroxylation is 1. The van der Waals surface area contributed by atoms with Gasteiger partial charge in [0.15, 0.2) is 0 Å². The van der Waals surface area contributed by atoms with Gasteiger partial charge < -0.3 is 14.7 Å². The van der Waals surface area contributed by atoms with Crippen LogP contribution in [0.2, 0.25) is 0 Å². The zero-order chi connectivity index (χ0) is 14.2. The number of hydrogen-bond donors (Lipinski definition) is 1. The standard InChI is InChI=1S/C12H20N4O3/c1-12(2,3)19-11(18)16-5-8(10(17)7-16)9-6-15(4)14-13-9/h6,8,10,17H,5,7H2,1-4H3. The second-order valence-corrected chi connectivity index (χ2v) is 5.88. The molecule has 2 heterocycles. The van der Waals surface area contributed by atoms with Crippen LogP contribution in [0.3, 0.4) is 0 Å². The molecule has 2 atom stereocenters. The molecule has 1 saturated heterocycles. The highest BCUT2D eigenvalue weighted by atomic mass is 16.6. The van der Waals surface area contributed by atoms with Crippen molar-refractivity contribution in [3.05, 3.63) is 11.9 Å². The number of likely N-dealkylation sites (tertiary alicyclic amines) is 1. The van der Waals surface area contributed by atoms with Gasteiger partial charge in [0.2, 0.25) is 0 Å². The minimum absolute atomic E-state index is 0.207. The van der Waals surface area contributed by atoms with E-state index < -0.39 is 17.8 Å². The zero-order valence-corrected chi connectivity index (χ0v) is 11.7. The van der Waals surface area contributed by atoms with Gasteiger partial charge in [0.05, 0.1) is 24.3 Å². The first-order valence-electron chi connectivity index (χ1n) is 6.28. The SMILES string of the molecule is Cn1cc(C2CN(C(=O)OC(C)(C)C)CC2O)nn1. The number of carbonyl (C=O) groups excluding carboxylic acids is 1. The van der Waals surface area contributed by atoms with Gasteiger partial charge in [0.25, 0.3) is 0 Å². The van der Waals surface area contributed by atoms with Gasteiger partial charge in [-0.3, -0.25) is 4.68 Å². The van der Waals surface area contributed by atoms with E-state index in [9.17, 15) is 9.90 Å². The summed E-state index contributed by atoms with van der Waals surface area (Å²) in [7, 11) is 1.77. The molecule has 2 unspecified atom stereocenters. The molecule has 1 aliphatic rings. The molecule has 0 aromatic carbocycles. The minimum Gasteiger partial charge on any atom is -0.444 e. The minimum atomic E-state index is -0.635. The predicted octanol–water partition coefficient (Wildman–Crippen LogP) is 0.510. The van der Waals surface area contributed by atoms with Crippen molar-refractivity contribution in [1.29, 1.82) is 0 Å². The third-order valence-electron chi connectivity index (χ3n) is 2.94. The van der Waals surface area contributed by atoms with Crippen molar-refractivity contribution >= 4 is 6.09 Å². The van der Waals surface area contributed by atoms with Gasteiger partial charge in [-0.2, -0.15) is 0 Å². The molecule has 1 amide bonds. The molecule has 1 fully saturated rings. The summed E-state index contributed by atoms with van der Waals surface area (Å²) >= 11 is 0. The first kappa shape index (κ1) is 13.8. The largest absolute Gasteiger partial charge is 0.444 e. The summed E-state index contributed by atoms with van der Waals surface area (Å²) in [5, 5.41) is 17.9. The lowest BCUT2D eigenvalue weighted by molar-refractivity contribution is 0.0270. The van der Waals surface area contributed by atoms with Crippen LogP contribution in [0.1, 0.15) is 32.4 Å². The number of aliphatic hydroxyl groups is 1. The number of carbonyl (C=O) groups is 1. The van der Waals surface area contributed by atoms with E-state index in [4.69, 9.17) is 4.74 Å². The zero-order valence-electron chi connectivity index (χ0n) is 11.7. The number of aliphatic hydroxyl groups excluding tert-OH is 1. The molecule has 0 bridgehead atoms. The molecule has 0 radical (unpaired) electrons. The van der Waals surface area contributed by atoms with E-state index in [-0.39, 0.29) is 12.5 Å². The summed E-state index contributed by atoms with van der Waals surface area (Å²) in [5.41, 5.74) is 0.160. The molecular weight excluding hydrogens is 248 g/mol. The van der Waals surface area contributed by atoms with Crippen LogP contribution in [0.15, 0.2) is 6.20 Å². The predicted molar refractivity (Wildman–Crippen MR) is 67.6 cm³/mol. The maximum atomic E-state index is 11.9. The molecule has 1 aromatic rings. The molecule has 1 N–H and O–H groups in total. The molecule has 7 heteroatoms. The maximum absolute atomic E-state index is 11.9. The number of ether oxygens (including phenoxy) is 1. The molecular formula is C12H20N4O3. The van der Waals surface area contributed by atoms with Crippen molar-refractivity contribution in [3.8, 4) is 0 Å². The molecule has 7 nitrogen and oxygen atoms in total. The lowest BCUT2D eigenvalue weighted by Crippen LogP contribution is -2.35. The Balaban J connectivity index is 2.03. The average molecular weight is 268 g/mol. The Hall–Kier alpha value is -1.63. The molecule has 0 spiro atoms. The van der Waals surface area contributed by atoms with E-state index in [1.807, 2.05) is 20.8 Å². The quantitative estimate of drug-likeness (QED) is 0.802. The highest BCUT2D eigenvalue weighted by Crippen LogP contribution is 2.27. The Kier molecular flexibility index (Phi) is 3.49. The number of nitrogens with zero attached hydrogens (tertiary/aromatic N) is 4. The van der Waals surface area contributed by atoms with Crippen molar-refractivity contribution < 1.29 is 14.6 Å². The highest BCUT2D eigenvalue weighted by molar-refractivity contribution is 5.68. The topological polar surface area (TPSA) is 80.5 Å². The Morgan fingerprint density at radius 2 is 2.16 bits per heavy atom. The Labute approximate surface area is 112 Å². The fraction of sp³-hybridized carbons (Fsp3) is 0.750. The van der Waals surface area contributed by atoms with Crippen LogP contribution < -0.4 is 0 Å².